The number of hydrogen-bond donors (Lipinski definition) is 2. The Labute approximate surface area is 132 Å². The lowest BCUT2D eigenvalue weighted by molar-refractivity contribution is 0.0694. The first-order valence-corrected chi connectivity index (χ1v) is 8.72. The van der Waals surface area contributed by atoms with Gasteiger partial charge in [0.05, 0.1) is 17.3 Å². The van der Waals surface area contributed by atoms with Crippen molar-refractivity contribution < 1.29 is 9.90 Å². The Balaban J connectivity index is 2.28. The van der Waals surface area contributed by atoms with Crippen molar-refractivity contribution in [2.75, 3.05) is 11.6 Å². The van der Waals surface area contributed by atoms with E-state index in [1.807, 2.05) is 31.5 Å². The minimum absolute atomic E-state index is 0.0227. The SMILES string of the molecule is CCc1cnc(C(C)Nc2cccc(SC)c2C(=O)O)s1. The number of hydrogen-bond acceptors (Lipinski definition) is 5. The molecule has 0 saturated heterocycles. The van der Waals surface area contributed by atoms with Crippen LogP contribution in [-0.4, -0.2) is 22.3 Å². The zero-order valence-corrected chi connectivity index (χ0v) is 13.8. The van der Waals surface area contributed by atoms with Crippen molar-refractivity contribution in [2.24, 2.45) is 0 Å². The fourth-order valence-electron chi connectivity index (χ4n) is 2.02. The molecule has 0 aliphatic carbocycles. The molecule has 2 rings (SSSR count). The number of carbonyl (C=O) groups is 1. The summed E-state index contributed by atoms with van der Waals surface area (Å²) >= 11 is 3.09. The van der Waals surface area contributed by atoms with Crippen LogP contribution in [0, 0.1) is 0 Å². The normalized spacial score (nSPS) is 12.1. The largest absolute Gasteiger partial charge is 0.478 e. The van der Waals surface area contributed by atoms with Crippen LogP contribution < -0.4 is 5.32 Å². The summed E-state index contributed by atoms with van der Waals surface area (Å²) in [6.45, 7) is 4.09. The van der Waals surface area contributed by atoms with Gasteiger partial charge in [-0.05, 0) is 31.7 Å². The van der Waals surface area contributed by atoms with Crippen LogP contribution >= 0.6 is 23.1 Å². The molecule has 0 fully saturated rings. The van der Waals surface area contributed by atoms with Gasteiger partial charge in [-0.15, -0.1) is 23.1 Å². The van der Waals surface area contributed by atoms with Gasteiger partial charge in [-0.2, -0.15) is 0 Å². The third-order valence-corrected chi connectivity index (χ3v) is 5.23. The lowest BCUT2D eigenvalue weighted by atomic mass is 10.1. The molecular formula is C15H18N2O2S2. The average molecular weight is 322 g/mol. The standard InChI is InChI=1S/C15H18N2O2S2/c1-4-10-8-16-14(21-10)9(2)17-11-6-5-7-12(20-3)13(11)15(18)19/h5-9,17H,4H2,1-3H3,(H,18,19). The molecule has 0 radical (unpaired) electrons. The van der Waals surface area contributed by atoms with Crippen molar-refractivity contribution in [3.63, 3.8) is 0 Å². The number of carboxylic acid groups (broad SMARTS) is 1. The van der Waals surface area contributed by atoms with Crippen LogP contribution in [0.5, 0.6) is 0 Å². The predicted octanol–water partition coefficient (Wildman–Crippen LogP) is 4.30. The Bertz CT molecular complexity index is 640. The number of aromatic carboxylic acids is 1. The van der Waals surface area contributed by atoms with E-state index in [9.17, 15) is 9.90 Å². The number of benzene rings is 1. The van der Waals surface area contributed by atoms with Crippen molar-refractivity contribution in [1.29, 1.82) is 0 Å². The number of nitrogens with zero attached hydrogens (tertiary/aromatic N) is 1. The van der Waals surface area contributed by atoms with E-state index in [1.54, 1.807) is 17.4 Å². The molecule has 2 N–H and O–H groups in total. The minimum Gasteiger partial charge on any atom is -0.478 e. The topological polar surface area (TPSA) is 62.2 Å². The number of rotatable bonds is 6. The molecule has 2 aromatic rings. The monoisotopic (exact) mass is 322 g/mol. The summed E-state index contributed by atoms with van der Waals surface area (Å²) in [7, 11) is 0. The molecule has 0 saturated carbocycles. The maximum absolute atomic E-state index is 11.5. The second-order valence-electron chi connectivity index (χ2n) is 4.57. The van der Waals surface area contributed by atoms with E-state index < -0.39 is 5.97 Å². The Hall–Kier alpha value is -1.53. The predicted molar refractivity (Wildman–Crippen MR) is 88.7 cm³/mol. The molecule has 4 nitrogen and oxygen atoms in total. The van der Waals surface area contributed by atoms with E-state index in [2.05, 4.69) is 17.2 Å². The highest BCUT2D eigenvalue weighted by Gasteiger charge is 2.18. The molecule has 0 amide bonds. The van der Waals surface area contributed by atoms with Crippen molar-refractivity contribution in [2.45, 2.75) is 31.2 Å². The summed E-state index contributed by atoms with van der Waals surface area (Å²) in [5, 5.41) is 13.7. The van der Waals surface area contributed by atoms with E-state index in [0.29, 0.717) is 11.3 Å². The zero-order chi connectivity index (χ0) is 15.4. The molecule has 1 heterocycles. The van der Waals surface area contributed by atoms with Crippen LogP contribution in [0.4, 0.5) is 5.69 Å². The molecule has 0 aliphatic heterocycles. The first-order valence-electron chi connectivity index (χ1n) is 6.68. The van der Waals surface area contributed by atoms with Crippen molar-refractivity contribution in [1.82, 2.24) is 4.98 Å². The van der Waals surface area contributed by atoms with E-state index in [0.717, 1.165) is 16.3 Å². The molecule has 1 aromatic heterocycles. The molecule has 21 heavy (non-hydrogen) atoms. The molecule has 1 unspecified atom stereocenters. The molecular weight excluding hydrogens is 304 g/mol. The van der Waals surface area contributed by atoms with Crippen LogP contribution in [0.25, 0.3) is 0 Å². The van der Waals surface area contributed by atoms with Crippen LogP contribution in [0.1, 0.15) is 40.1 Å². The summed E-state index contributed by atoms with van der Waals surface area (Å²) in [6.07, 6.45) is 4.73. The highest BCUT2D eigenvalue weighted by atomic mass is 32.2. The average Bonchev–Trinajstić information content (AvgIpc) is 2.95. The smallest absolute Gasteiger partial charge is 0.338 e. The number of anilines is 1. The van der Waals surface area contributed by atoms with Gasteiger partial charge in [-0.3, -0.25) is 0 Å². The Kier molecular flexibility index (Phi) is 5.25. The van der Waals surface area contributed by atoms with Crippen LogP contribution in [0.15, 0.2) is 29.3 Å². The van der Waals surface area contributed by atoms with Gasteiger partial charge in [0.15, 0.2) is 0 Å². The second-order valence-corrected chi connectivity index (χ2v) is 6.57. The van der Waals surface area contributed by atoms with Crippen molar-refractivity contribution in [3.8, 4) is 0 Å². The van der Waals surface area contributed by atoms with Gasteiger partial charge in [-0.1, -0.05) is 13.0 Å². The van der Waals surface area contributed by atoms with E-state index in [1.165, 1.54) is 16.6 Å². The van der Waals surface area contributed by atoms with Crippen LogP contribution in [0.3, 0.4) is 0 Å². The number of nitrogens with one attached hydrogen (secondary N) is 1. The third-order valence-electron chi connectivity index (χ3n) is 3.12. The molecule has 6 heteroatoms. The number of thioether (sulfide) groups is 1. The zero-order valence-electron chi connectivity index (χ0n) is 12.2. The van der Waals surface area contributed by atoms with Gasteiger partial charge < -0.3 is 10.4 Å². The molecule has 1 aromatic carbocycles. The quantitative estimate of drug-likeness (QED) is 0.776. The lowest BCUT2D eigenvalue weighted by Gasteiger charge is -2.16. The maximum Gasteiger partial charge on any atom is 0.338 e. The Morgan fingerprint density at radius 1 is 1.52 bits per heavy atom. The molecule has 0 bridgehead atoms. The fourth-order valence-corrected chi connectivity index (χ4v) is 3.50. The summed E-state index contributed by atoms with van der Waals surface area (Å²) < 4.78 is 0. The summed E-state index contributed by atoms with van der Waals surface area (Å²) in [5.41, 5.74) is 0.958. The second kappa shape index (κ2) is 6.95. The van der Waals surface area contributed by atoms with Crippen LogP contribution in [0.2, 0.25) is 0 Å². The number of thiazole rings is 1. The minimum atomic E-state index is -0.914. The molecule has 1 atom stereocenters. The van der Waals surface area contributed by atoms with Gasteiger partial charge >= 0.3 is 5.97 Å². The maximum atomic E-state index is 11.5. The van der Waals surface area contributed by atoms with Gasteiger partial charge in [0, 0.05) is 16.0 Å². The number of aryl methyl sites for hydroxylation is 1. The lowest BCUT2D eigenvalue weighted by Crippen LogP contribution is -2.11. The molecule has 0 aliphatic rings. The first-order chi connectivity index (χ1) is 10.1. The number of carboxylic acids is 1. The van der Waals surface area contributed by atoms with E-state index in [-0.39, 0.29) is 6.04 Å². The number of aromatic nitrogens is 1. The Morgan fingerprint density at radius 2 is 2.29 bits per heavy atom. The van der Waals surface area contributed by atoms with Gasteiger partial charge in [0.2, 0.25) is 0 Å². The third kappa shape index (κ3) is 3.57. The van der Waals surface area contributed by atoms with Crippen molar-refractivity contribution in [3.05, 3.63) is 39.8 Å². The van der Waals surface area contributed by atoms with E-state index >= 15 is 0 Å². The van der Waals surface area contributed by atoms with Crippen molar-refractivity contribution >= 4 is 34.8 Å². The first kappa shape index (κ1) is 15.9. The fraction of sp³-hybridized carbons (Fsp3) is 0.333. The highest BCUT2D eigenvalue weighted by molar-refractivity contribution is 7.98. The highest BCUT2D eigenvalue weighted by Crippen LogP contribution is 2.30. The summed E-state index contributed by atoms with van der Waals surface area (Å²) in [5.74, 6) is -0.914. The van der Waals surface area contributed by atoms with Gasteiger partial charge in [0.25, 0.3) is 0 Å². The Morgan fingerprint density at radius 3 is 2.86 bits per heavy atom. The van der Waals surface area contributed by atoms with Gasteiger partial charge in [-0.25, -0.2) is 9.78 Å². The summed E-state index contributed by atoms with van der Waals surface area (Å²) in [6, 6.07) is 5.47. The van der Waals surface area contributed by atoms with Gasteiger partial charge in [0.1, 0.15) is 5.01 Å². The molecule has 0 spiro atoms. The van der Waals surface area contributed by atoms with E-state index in [4.69, 9.17) is 0 Å². The van der Waals surface area contributed by atoms with Crippen LogP contribution in [-0.2, 0) is 6.42 Å². The molecule has 112 valence electrons. The summed E-state index contributed by atoms with van der Waals surface area (Å²) in [4.78, 5) is 17.9.